The van der Waals surface area contributed by atoms with E-state index in [4.69, 9.17) is 19.2 Å². The summed E-state index contributed by atoms with van der Waals surface area (Å²) in [6.45, 7) is 3.26. The van der Waals surface area contributed by atoms with Gasteiger partial charge in [0.25, 0.3) is 5.91 Å². The quantitative estimate of drug-likeness (QED) is 0.450. The molecule has 0 fully saturated rings. The Morgan fingerprint density at radius 1 is 1.00 bits per heavy atom. The van der Waals surface area contributed by atoms with Crippen LogP contribution < -0.4 is 19.1 Å². The van der Waals surface area contributed by atoms with E-state index in [1.807, 2.05) is 56.3 Å². The zero-order chi connectivity index (χ0) is 23.3. The summed E-state index contributed by atoms with van der Waals surface area (Å²) in [4.78, 5) is 21.7. The number of fused-ring (bicyclic) bond motifs is 1. The van der Waals surface area contributed by atoms with E-state index in [-0.39, 0.29) is 5.91 Å². The molecule has 32 heavy (non-hydrogen) atoms. The van der Waals surface area contributed by atoms with Crippen molar-refractivity contribution in [2.75, 3.05) is 53.4 Å². The first-order chi connectivity index (χ1) is 15.4. The highest BCUT2D eigenvalue weighted by Crippen LogP contribution is 2.36. The Kier molecular flexibility index (Phi) is 7.71. The van der Waals surface area contributed by atoms with Gasteiger partial charge in [-0.05, 0) is 56.4 Å². The van der Waals surface area contributed by atoms with Crippen LogP contribution in [-0.2, 0) is 4.79 Å². The average Bonchev–Trinajstić information content (AvgIpc) is 3.23. The molecule has 170 valence electrons. The number of thiazole rings is 1. The van der Waals surface area contributed by atoms with Crippen LogP contribution in [0.15, 0.2) is 36.4 Å². The van der Waals surface area contributed by atoms with E-state index < -0.39 is 0 Å². The van der Waals surface area contributed by atoms with Crippen molar-refractivity contribution >= 4 is 38.7 Å². The van der Waals surface area contributed by atoms with Crippen LogP contribution in [0, 0.1) is 6.92 Å². The van der Waals surface area contributed by atoms with Crippen molar-refractivity contribution in [3.8, 4) is 17.2 Å². The fourth-order valence-electron chi connectivity index (χ4n) is 3.19. The van der Waals surface area contributed by atoms with Gasteiger partial charge < -0.3 is 19.1 Å². The molecule has 0 radical (unpaired) electrons. The van der Waals surface area contributed by atoms with E-state index in [1.165, 1.54) is 11.3 Å². The van der Waals surface area contributed by atoms with Gasteiger partial charge >= 0.3 is 0 Å². The minimum atomic E-state index is -0.141. The number of methoxy groups -OCH3 is 3. The summed E-state index contributed by atoms with van der Waals surface area (Å²) in [5, 5.41) is 0.649. The lowest BCUT2D eigenvalue weighted by atomic mass is 10.2. The summed E-state index contributed by atoms with van der Waals surface area (Å²) in [6.07, 6.45) is 3.33. The predicted molar refractivity (Wildman–Crippen MR) is 130 cm³/mol. The molecule has 0 bridgehead atoms. The number of carbonyl (C=O) groups is 1. The van der Waals surface area contributed by atoms with Crippen molar-refractivity contribution in [2.45, 2.75) is 6.92 Å². The molecule has 0 saturated carbocycles. The third-order valence-corrected chi connectivity index (χ3v) is 6.22. The van der Waals surface area contributed by atoms with Crippen molar-refractivity contribution < 1.29 is 19.0 Å². The van der Waals surface area contributed by atoms with E-state index in [0.29, 0.717) is 35.5 Å². The van der Waals surface area contributed by atoms with E-state index in [1.54, 1.807) is 38.4 Å². The third-order valence-electron chi connectivity index (χ3n) is 5.01. The number of likely N-dealkylation sites (N-methyl/N-ethyl adjacent to an activating group) is 1. The zero-order valence-corrected chi connectivity index (χ0v) is 20.2. The molecule has 7 nitrogen and oxygen atoms in total. The van der Waals surface area contributed by atoms with Crippen molar-refractivity contribution in [1.82, 2.24) is 9.88 Å². The zero-order valence-electron chi connectivity index (χ0n) is 19.3. The summed E-state index contributed by atoms with van der Waals surface area (Å²) in [5.74, 6) is 1.81. The molecule has 8 heteroatoms. The topological polar surface area (TPSA) is 64.1 Å². The SMILES string of the molecule is COc1ccc(/C=C/C(=O)N(CCN(C)C)c2nc3c(OC)ccc(C)c3s2)cc1OC. The van der Waals surface area contributed by atoms with E-state index >= 15 is 0 Å². The number of aromatic nitrogens is 1. The summed E-state index contributed by atoms with van der Waals surface area (Å²) < 4.78 is 17.1. The van der Waals surface area contributed by atoms with Crippen LogP contribution in [0.5, 0.6) is 17.2 Å². The van der Waals surface area contributed by atoms with Crippen molar-refractivity contribution in [1.29, 1.82) is 0 Å². The van der Waals surface area contributed by atoms with Gasteiger partial charge in [0.1, 0.15) is 11.3 Å². The van der Waals surface area contributed by atoms with Gasteiger partial charge in [-0.1, -0.05) is 23.5 Å². The van der Waals surface area contributed by atoms with Crippen LogP contribution in [0.1, 0.15) is 11.1 Å². The summed E-state index contributed by atoms with van der Waals surface area (Å²) in [7, 11) is 8.77. The molecule has 0 spiro atoms. The molecule has 2 aromatic carbocycles. The van der Waals surface area contributed by atoms with Gasteiger partial charge in [-0.2, -0.15) is 0 Å². The van der Waals surface area contributed by atoms with Crippen LogP contribution in [0.2, 0.25) is 0 Å². The molecular formula is C24H29N3O4S. The van der Waals surface area contributed by atoms with Gasteiger partial charge in [-0.15, -0.1) is 0 Å². The minimum Gasteiger partial charge on any atom is -0.494 e. The Labute approximate surface area is 192 Å². The largest absolute Gasteiger partial charge is 0.494 e. The third kappa shape index (κ3) is 5.20. The number of aryl methyl sites for hydroxylation is 1. The second-order valence-corrected chi connectivity index (χ2v) is 8.48. The number of ether oxygens (including phenoxy) is 3. The highest BCUT2D eigenvalue weighted by molar-refractivity contribution is 7.22. The number of carbonyl (C=O) groups excluding carboxylic acids is 1. The predicted octanol–water partition coefficient (Wildman–Crippen LogP) is 4.24. The number of hydrogen-bond acceptors (Lipinski definition) is 7. The summed E-state index contributed by atoms with van der Waals surface area (Å²) >= 11 is 1.50. The highest BCUT2D eigenvalue weighted by atomic mass is 32.1. The molecule has 3 rings (SSSR count). The van der Waals surface area contributed by atoms with Gasteiger partial charge in [0.2, 0.25) is 0 Å². The lowest BCUT2D eigenvalue weighted by Gasteiger charge is -2.20. The molecule has 0 N–H and O–H groups in total. The molecule has 0 aliphatic carbocycles. The Morgan fingerprint density at radius 3 is 2.34 bits per heavy atom. The monoisotopic (exact) mass is 455 g/mol. The lowest BCUT2D eigenvalue weighted by Crippen LogP contribution is -2.35. The first-order valence-electron chi connectivity index (χ1n) is 10.2. The molecular weight excluding hydrogens is 426 g/mol. The Hall–Kier alpha value is -3.10. The minimum absolute atomic E-state index is 0.141. The number of rotatable bonds is 9. The number of nitrogens with zero attached hydrogens (tertiary/aromatic N) is 3. The normalized spacial score (nSPS) is 11.3. The van der Waals surface area contributed by atoms with Crippen LogP contribution >= 0.6 is 11.3 Å². The molecule has 1 amide bonds. The summed E-state index contributed by atoms with van der Waals surface area (Å²) in [5.41, 5.74) is 2.72. The number of amides is 1. The number of benzene rings is 2. The second-order valence-electron chi connectivity index (χ2n) is 7.50. The molecule has 3 aromatic rings. The molecule has 0 unspecified atom stereocenters. The number of hydrogen-bond donors (Lipinski definition) is 0. The smallest absolute Gasteiger partial charge is 0.252 e. The van der Waals surface area contributed by atoms with Crippen molar-refractivity contribution in [2.24, 2.45) is 0 Å². The Bertz CT molecular complexity index is 1120. The first kappa shape index (κ1) is 23.6. The summed E-state index contributed by atoms with van der Waals surface area (Å²) in [6, 6.07) is 9.44. The molecule has 1 aromatic heterocycles. The lowest BCUT2D eigenvalue weighted by molar-refractivity contribution is -0.114. The number of anilines is 1. The maximum atomic E-state index is 13.2. The van der Waals surface area contributed by atoms with E-state index in [2.05, 4.69) is 0 Å². The molecule has 0 saturated heterocycles. The first-order valence-corrected chi connectivity index (χ1v) is 11.0. The van der Waals surface area contributed by atoms with Crippen LogP contribution in [0.25, 0.3) is 16.3 Å². The fraction of sp³-hybridized carbons (Fsp3) is 0.333. The van der Waals surface area contributed by atoms with Crippen molar-refractivity contribution in [3.05, 3.63) is 47.5 Å². The van der Waals surface area contributed by atoms with Gasteiger partial charge in [0, 0.05) is 19.2 Å². The Morgan fingerprint density at radius 2 is 1.69 bits per heavy atom. The van der Waals surface area contributed by atoms with Crippen LogP contribution in [0.4, 0.5) is 5.13 Å². The second kappa shape index (κ2) is 10.5. The molecule has 0 aliphatic rings. The van der Waals surface area contributed by atoms with Crippen LogP contribution in [-0.4, -0.2) is 64.3 Å². The molecule has 0 atom stereocenters. The molecule has 1 heterocycles. The van der Waals surface area contributed by atoms with Crippen molar-refractivity contribution in [3.63, 3.8) is 0 Å². The van der Waals surface area contributed by atoms with E-state index in [0.717, 1.165) is 21.3 Å². The average molecular weight is 456 g/mol. The van der Waals surface area contributed by atoms with Gasteiger partial charge in [-0.3, -0.25) is 9.69 Å². The van der Waals surface area contributed by atoms with E-state index in [9.17, 15) is 4.79 Å². The van der Waals surface area contributed by atoms with Gasteiger partial charge in [-0.25, -0.2) is 4.98 Å². The highest BCUT2D eigenvalue weighted by Gasteiger charge is 2.20. The Balaban J connectivity index is 1.93. The van der Waals surface area contributed by atoms with Gasteiger partial charge in [0.05, 0.1) is 26.0 Å². The maximum Gasteiger partial charge on any atom is 0.252 e. The maximum absolute atomic E-state index is 13.2. The van der Waals surface area contributed by atoms with Gasteiger partial charge in [0.15, 0.2) is 16.6 Å². The molecule has 0 aliphatic heterocycles. The standard InChI is InChI=1S/C24H29N3O4S/c1-16-7-10-19(30-5)22-23(16)32-24(25-22)27(14-13-26(2)3)21(28)12-9-17-8-11-18(29-4)20(15-17)31-6/h7-12,15H,13-14H2,1-6H3/b12-9+. The fourth-order valence-corrected chi connectivity index (χ4v) is 4.28. The van der Waals surface area contributed by atoms with Crippen LogP contribution in [0.3, 0.4) is 0 Å².